The largest absolute Gasteiger partial charge is 0.452 e. The zero-order valence-corrected chi connectivity index (χ0v) is 14.7. The molecule has 1 N–H and O–H groups in total. The highest BCUT2D eigenvalue weighted by Gasteiger charge is 2.17. The molecular weight excluding hydrogens is 383 g/mol. The molecule has 0 unspecified atom stereocenters. The molecule has 0 radical (unpaired) electrons. The molecule has 0 aliphatic carbocycles. The van der Waals surface area contributed by atoms with Gasteiger partial charge in [0.05, 0.1) is 4.92 Å². The summed E-state index contributed by atoms with van der Waals surface area (Å²) in [6.45, 7) is -0.599. The van der Waals surface area contributed by atoms with Crippen molar-refractivity contribution in [2.24, 2.45) is 0 Å². The van der Waals surface area contributed by atoms with E-state index in [2.05, 4.69) is 5.32 Å². The number of nitro benzene ring substituents is 1. The molecule has 0 spiro atoms. The summed E-state index contributed by atoms with van der Waals surface area (Å²) in [4.78, 5) is 33.7. The molecule has 0 atom stereocenters. The summed E-state index contributed by atoms with van der Waals surface area (Å²) in [6, 6.07) is 10.6. The van der Waals surface area contributed by atoms with Crippen molar-refractivity contribution in [2.45, 2.75) is 0 Å². The maximum Gasteiger partial charge on any atom is 0.331 e. The third-order valence-corrected chi connectivity index (χ3v) is 3.51. The zero-order chi connectivity index (χ0) is 19.1. The minimum Gasteiger partial charge on any atom is -0.452 e. The lowest BCUT2D eigenvalue weighted by molar-refractivity contribution is -0.383. The number of amides is 1. The van der Waals surface area contributed by atoms with Gasteiger partial charge in [0.15, 0.2) is 6.61 Å². The number of nitrogens with zero attached hydrogens (tertiary/aromatic N) is 1. The van der Waals surface area contributed by atoms with Gasteiger partial charge in [-0.05, 0) is 35.9 Å². The van der Waals surface area contributed by atoms with Gasteiger partial charge in [0.1, 0.15) is 5.69 Å². The molecule has 9 heteroatoms. The Morgan fingerprint density at radius 1 is 1.15 bits per heavy atom. The Hall–Kier alpha value is -2.90. The van der Waals surface area contributed by atoms with Crippen LogP contribution in [0, 0.1) is 10.1 Å². The van der Waals surface area contributed by atoms with Crippen LogP contribution < -0.4 is 5.32 Å². The Morgan fingerprint density at radius 2 is 1.88 bits per heavy atom. The number of ether oxygens (including phenoxy) is 1. The van der Waals surface area contributed by atoms with Gasteiger partial charge in [-0.25, -0.2) is 4.79 Å². The Morgan fingerprint density at radius 3 is 2.58 bits per heavy atom. The predicted octanol–water partition coefficient (Wildman–Crippen LogP) is 4.10. The number of hydrogen-bond acceptors (Lipinski definition) is 5. The van der Waals surface area contributed by atoms with Crippen LogP contribution in [-0.4, -0.2) is 23.4 Å². The first-order valence-corrected chi connectivity index (χ1v) is 7.95. The highest BCUT2D eigenvalue weighted by Crippen LogP contribution is 2.27. The first-order valence-electron chi connectivity index (χ1n) is 7.19. The molecule has 0 aliphatic rings. The Balaban J connectivity index is 1.91. The maximum absolute atomic E-state index is 11.8. The maximum atomic E-state index is 11.8. The number of rotatable bonds is 6. The number of hydrogen-bond donors (Lipinski definition) is 1. The van der Waals surface area contributed by atoms with Gasteiger partial charge in [-0.15, -0.1) is 0 Å². The number of esters is 1. The molecular formula is C17H12Cl2N2O5. The minimum atomic E-state index is -0.745. The number of anilines is 1. The van der Waals surface area contributed by atoms with Crippen molar-refractivity contribution in [3.63, 3.8) is 0 Å². The highest BCUT2D eigenvalue weighted by molar-refractivity contribution is 6.31. The van der Waals surface area contributed by atoms with E-state index in [0.29, 0.717) is 10.6 Å². The van der Waals surface area contributed by atoms with E-state index in [4.69, 9.17) is 27.9 Å². The normalized spacial score (nSPS) is 10.5. The fraction of sp³-hybridized carbons (Fsp3) is 0.0588. The predicted molar refractivity (Wildman–Crippen MR) is 98.2 cm³/mol. The van der Waals surface area contributed by atoms with E-state index in [1.165, 1.54) is 18.2 Å². The number of benzene rings is 2. The van der Waals surface area contributed by atoms with Gasteiger partial charge < -0.3 is 10.1 Å². The van der Waals surface area contributed by atoms with Crippen LogP contribution in [0.1, 0.15) is 5.56 Å². The van der Waals surface area contributed by atoms with E-state index in [9.17, 15) is 19.7 Å². The monoisotopic (exact) mass is 394 g/mol. The third kappa shape index (κ3) is 5.87. The van der Waals surface area contributed by atoms with E-state index in [-0.39, 0.29) is 16.4 Å². The Bertz CT molecular complexity index is 883. The van der Waals surface area contributed by atoms with Crippen molar-refractivity contribution in [3.8, 4) is 0 Å². The molecule has 1 amide bonds. The molecule has 0 bridgehead atoms. The van der Waals surface area contributed by atoms with Crippen molar-refractivity contribution in [1.82, 2.24) is 0 Å². The van der Waals surface area contributed by atoms with Gasteiger partial charge in [0.25, 0.3) is 11.6 Å². The molecule has 134 valence electrons. The van der Waals surface area contributed by atoms with Crippen LogP contribution in [0.25, 0.3) is 6.08 Å². The summed E-state index contributed by atoms with van der Waals surface area (Å²) in [5.41, 5.74) is 0.281. The SMILES string of the molecule is O=C(COC(=O)/C=C/c1cccc(Cl)c1)Nc1ccc(Cl)cc1[N+](=O)[O-]. The lowest BCUT2D eigenvalue weighted by Gasteiger charge is -2.06. The summed E-state index contributed by atoms with van der Waals surface area (Å²) < 4.78 is 4.79. The lowest BCUT2D eigenvalue weighted by atomic mass is 10.2. The number of carbonyl (C=O) groups excluding carboxylic acids is 2. The van der Waals surface area contributed by atoms with Crippen LogP contribution in [-0.2, 0) is 14.3 Å². The van der Waals surface area contributed by atoms with E-state index in [0.717, 1.165) is 12.1 Å². The van der Waals surface area contributed by atoms with Crippen LogP contribution >= 0.6 is 23.2 Å². The topological polar surface area (TPSA) is 98.5 Å². The average molecular weight is 395 g/mol. The van der Waals surface area contributed by atoms with E-state index in [1.807, 2.05) is 0 Å². The molecule has 26 heavy (non-hydrogen) atoms. The van der Waals surface area contributed by atoms with Crippen LogP contribution in [0.5, 0.6) is 0 Å². The first kappa shape index (κ1) is 19.4. The zero-order valence-electron chi connectivity index (χ0n) is 13.1. The Kier molecular flexibility index (Phi) is 6.71. The fourth-order valence-corrected chi connectivity index (χ4v) is 2.27. The first-order chi connectivity index (χ1) is 12.3. The number of nitro groups is 1. The number of carbonyl (C=O) groups is 2. The molecule has 0 aromatic heterocycles. The second kappa shape index (κ2) is 8.98. The van der Waals surface area contributed by atoms with E-state index in [1.54, 1.807) is 24.3 Å². The quantitative estimate of drug-likeness (QED) is 0.344. The van der Waals surface area contributed by atoms with Gasteiger partial charge in [-0.2, -0.15) is 0 Å². The Labute approximate surface area is 158 Å². The average Bonchev–Trinajstić information content (AvgIpc) is 2.59. The number of nitrogens with one attached hydrogen (secondary N) is 1. The van der Waals surface area contributed by atoms with Crippen LogP contribution in [0.4, 0.5) is 11.4 Å². The van der Waals surface area contributed by atoms with Gasteiger partial charge in [0, 0.05) is 22.2 Å². The molecule has 0 aliphatic heterocycles. The van der Waals surface area contributed by atoms with Gasteiger partial charge in [0.2, 0.25) is 0 Å². The van der Waals surface area contributed by atoms with Gasteiger partial charge in [-0.3, -0.25) is 14.9 Å². The molecule has 0 fully saturated rings. The summed E-state index contributed by atoms with van der Waals surface area (Å²) in [5, 5.41) is 13.9. The molecule has 2 aromatic carbocycles. The molecule has 2 aromatic rings. The standard InChI is InChI=1S/C17H12Cl2N2O5/c18-12-3-1-2-11(8-12)4-7-17(23)26-10-16(22)20-14-6-5-13(19)9-15(14)21(24)25/h1-9H,10H2,(H,20,22)/b7-4+. The summed E-state index contributed by atoms with van der Waals surface area (Å²) >= 11 is 11.5. The molecule has 7 nitrogen and oxygen atoms in total. The molecule has 2 rings (SSSR count). The lowest BCUT2D eigenvalue weighted by Crippen LogP contribution is -2.20. The summed E-state index contributed by atoms with van der Waals surface area (Å²) in [6.07, 6.45) is 2.62. The second-order valence-corrected chi connectivity index (χ2v) is 5.84. The van der Waals surface area contributed by atoms with Crippen LogP contribution in [0.2, 0.25) is 10.0 Å². The summed E-state index contributed by atoms with van der Waals surface area (Å²) in [5.74, 6) is -1.47. The molecule has 0 saturated heterocycles. The van der Waals surface area contributed by atoms with Crippen LogP contribution in [0.15, 0.2) is 48.5 Å². The second-order valence-electron chi connectivity index (χ2n) is 4.96. The minimum absolute atomic E-state index is 0.0464. The van der Waals surface area contributed by atoms with Gasteiger partial charge in [-0.1, -0.05) is 35.3 Å². The van der Waals surface area contributed by atoms with Crippen molar-refractivity contribution < 1.29 is 19.2 Å². The molecule has 0 heterocycles. The van der Waals surface area contributed by atoms with E-state index < -0.39 is 23.4 Å². The van der Waals surface area contributed by atoms with Crippen molar-refractivity contribution in [2.75, 3.05) is 11.9 Å². The van der Waals surface area contributed by atoms with Gasteiger partial charge >= 0.3 is 5.97 Å². The van der Waals surface area contributed by atoms with Crippen molar-refractivity contribution >= 4 is 52.5 Å². The van der Waals surface area contributed by atoms with Crippen LogP contribution in [0.3, 0.4) is 0 Å². The van der Waals surface area contributed by atoms with E-state index >= 15 is 0 Å². The third-order valence-electron chi connectivity index (χ3n) is 3.04. The smallest absolute Gasteiger partial charge is 0.331 e. The highest BCUT2D eigenvalue weighted by atomic mass is 35.5. The molecule has 0 saturated carbocycles. The fourth-order valence-electron chi connectivity index (χ4n) is 1.91. The van der Waals surface area contributed by atoms with Crippen molar-refractivity contribution in [3.05, 3.63) is 74.3 Å². The van der Waals surface area contributed by atoms with Crippen molar-refractivity contribution in [1.29, 1.82) is 0 Å². The summed E-state index contributed by atoms with van der Waals surface area (Å²) in [7, 11) is 0. The number of halogens is 2.